The summed E-state index contributed by atoms with van der Waals surface area (Å²) in [5.74, 6) is 0. The molecular formula is C23H44O5. The molecule has 0 radical (unpaired) electrons. The molecule has 1 heterocycles. The van der Waals surface area contributed by atoms with Crippen molar-refractivity contribution in [1.82, 2.24) is 0 Å². The SMILES string of the molecule is C/C=C/CCCCCCCCCCCCCCO[C@@H](CO)[C@@H]1OC[C@@H](O)[C@@H]1O. The van der Waals surface area contributed by atoms with Crippen LogP contribution in [0.1, 0.15) is 90.4 Å². The number of ether oxygens (including phenoxy) is 2. The molecular weight excluding hydrogens is 356 g/mol. The van der Waals surface area contributed by atoms with Crippen LogP contribution in [0.25, 0.3) is 0 Å². The summed E-state index contributed by atoms with van der Waals surface area (Å²) in [5, 5.41) is 28.8. The highest BCUT2D eigenvalue weighted by molar-refractivity contribution is 4.88. The maximum Gasteiger partial charge on any atom is 0.114 e. The van der Waals surface area contributed by atoms with Crippen LogP contribution in [0.3, 0.4) is 0 Å². The van der Waals surface area contributed by atoms with Crippen LogP contribution < -0.4 is 0 Å². The summed E-state index contributed by atoms with van der Waals surface area (Å²) in [6.07, 6.45) is 18.1. The second kappa shape index (κ2) is 17.4. The van der Waals surface area contributed by atoms with Crippen molar-refractivity contribution in [1.29, 1.82) is 0 Å². The third-order valence-corrected chi connectivity index (χ3v) is 5.57. The minimum absolute atomic E-state index is 0.0995. The summed E-state index contributed by atoms with van der Waals surface area (Å²) in [6.45, 7) is 2.54. The van der Waals surface area contributed by atoms with Crippen molar-refractivity contribution in [3.05, 3.63) is 12.2 Å². The van der Waals surface area contributed by atoms with Crippen LogP contribution in [0.15, 0.2) is 12.2 Å². The van der Waals surface area contributed by atoms with E-state index in [2.05, 4.69) is 19.1 Å². The van der Waals surface area contributed by atoms with Gasteiger partial charge in [0, 0.05) is 6.61 Å². The highest BCUT2D eigenvalue weighted by atomic mass is 16.6. The van der Waals surface area contributed by atoms with Gasteiger partial charge in [0.15, 0.2) is 0 Å². The van der Waals surface area contributed by atoms with Crippen molar-refractivity contribution in [2.24, 2.45) is 0 Å². The number of rotatable bonds is 18. The molecule has 0 bridgehead atoms. The van der Waals surface area contributed by atoms with Crippen molar-refractivity contribution in [3.8, 4) is 0 Å². The Balaban J connectivity index is 1.84. The molecule has 5 heteroatoms. The lowest BCUT2D eigenvalue weighted by Gasteiger charge is -2.24. The standard InChI is InChI=1S/C23H44O5/c1-2-3-4-5-6-7-8-9-10-11-12-13-14-15-16-17-27-21(18-24)23-22(26)20(25)19-28-23/h2-3,20-26H,4-19H2,1H3/b3-2+/t20-,21+,22+,23+/m1/s1. The molecule has 1 fully saturated rings. The Labute approximate surface area is 172 Å². The highest BCUT2D eigenvalue weighted by Crippen LogP contribution is 2.20. The van der Waals surface area contributed by atoms with Gasteiger partial charge in [-0.1, -0.05) is 76.4 Å². The van der Waals surface area contributed by atoms with Crippen LogP contribution in [0.5, 0.6) is 0 Å². The van der Waals surface area contributed by atoms with E-state index >= 15 is 0 Å². The number of allylic oxidation sites excluding steroid dienone is 2. The van der Waals surface area contributed by atoms with E-state index in [4.69, 9.17) is 9.47 Å². The first-order valence-corrected chi connectivity index (χ1v) is 11.5. The van der Waals surface area contributed by atoms with Gasteiger partial charge >= 0.3 is 0 Å². The number of unbranched alkanes of at least 4 members (excludes halogenated alkanes) is 12. The Bertz CT molecular complexity index is 374. The van der Waals surface area contributed by atoms with E-state index in [1.165, 1.54) is 70.6 Å². The molecule has 0 saturated carbocycles. The Morgan fingerprint density at radius 1 is 0.893 bits per heavy atom. The second-order valence-electron chi connectivity index (χ2n) is 8.05. The van der Waals surface area contributed by atoms with Gasteiger partial charge in [0.05, 0.1) is 13.2 Å². The first-order valence-electron chi connectivity index (χ1n) is 11.5. The largest absolute Gasteiger partial charge is 0.394 e. The topological polar surface area (TPSA) is 79.2 Å². The van der Waals surface area contributed by atoms with Crippen LogP contribution in [0, 0.1) is 0 Å². The zero-order valence-electron chi connectivity index (χ0n) is 17.9. The quantitative estimate of drug-likeness (QED) is 0.238. The number of hydrogen-bond acceptors (Lipinski definition) is 5. The van der Waals surface area contributed by atoms with Crippen molar-refractivity contribution < 1.29 is 24.8 Å². The molecule has 4 atom stereocenters. The van der Waals surface area contributed by atoms with E-state index in [-0.39, 0.29) is 13.2 Å². The number of hydrogen-bond donors (Lipinski definition) is 3. The summed E-state index contributed by atoms with van der Waals surface area (Å²) < 4.78 is 11.0. The summed E-state index contributed by atoms with van der Waals surface area (Å²) >= 11 is 0. The molecule has 0 aromatic rings. The second-order valence-corrected chi connectivity index (χ2v) is 8.05. The normalized spacial score (nSPS) is 23.6. The monoisotopic (exact) mass is 400 g/mol. The Kier molecular flexibility index (Phi) is 15.9. The fourth-order valence-electron chi connectivity index (χ4n) is 3.74. The predicted octanol–water partition coefficient (Wildman–Crippen LogP) is 4.13. The third kappa shape index (κ3) is 11.5. The van der Waals surface area contributed by atoms with E-state index < -0.39 is 24.4 Å². The van der Waals surface area contributed by atoms with Crippen molar-refractivity contribution in [2.45, 2.75) is 115 Å². The van der Waals surface area contributed by atoms with Crippen LogP contribution in [-0.4, -0.2) is 59.6 Å². The first kappa shape index (κ1) is 25.6. The third-order valence-electron chi connectivity index (χ3n) is 5.57. The maximum absolute atomic E-state index is 9.83. The van der Waals surface area contributed by atoms with Crippen LogP contribution >= 0.6 is 0 Å². The molecule has 0 unspecified atom stereocenters. The molecule has 0 aliphatic carbocycles. The average molecular weight is 401 g/mol. The van der Waals surface area contributed by atoms with E-state index in [0.717, 1.165) is 12.8 Å². The van der Waals surface area contributed by atoms with Gasteiger partial charge in [0.25, 0.3) is 0 Å². The van der Waals surface area contributed by atoms with Gasteiger partial charge in [-0.05, 0) is 26.2 Å². The van der Waals surface area contributed by atoms with Crippen molar-refractivity contribution in [3.63, 3.8) is 0 Å². The van der Waals surface area contributed by atoms with Crippen molar-refractivity contribution in [2.75, 3.05) is 19.8 Å². The fraction of sp³-hybridized carbons (Fsp3) is 0.913. The molecule has 1 saturated heterocycles. The summed E-state index contributed by atoms with van der Waals surface area (Å²) in [6, 6.07) is 0. The molecule has 0 aromatic carbocycles. The van der Waals surface area contributed by atoms with Gasteiger partial charge < -0.3 is 24.8 Å². The molecule has 28 heavy (non-hydrogen) atoms. The van der Waals surface area contributed by atoms with Gasteiger partial charge in [-0.3, -0.25) is 0 Å². The van der Waals surface area contributed by atoms with Gasteiger partial charge in [-0.2, -0.15) is 0 Å². The van der Waals surface area contributed by atoms with Gasteiger partial charge in [0.1, 0.15) is 24.4 Å². The maximum atomic E-state index is 9.83. The van der Waals surface area contributed by atoms with E-state index in [9.17, 15) is 15.3 Å². The Hall–Kier alpha value is -0.460. The van der Waals surface area contributed by atoms with Crippen LogP contribution in [-0.2, 0) is 9.47 Å². The molecule has 3 N–H and O–H groups in total. The fourth-order valence-corrected chi connectivity index (χ4v) is 3.74. The molecule has 1 aliphatic heterocycles. The molecule has 0 aromatic heterocycles. The van der Waals surface area contributed by atoms with Crippen LogP contribution in [0.4, 0.5) is 0 Å². The lowest BCUT2D eigenvalue weighted by atomic mass is 10.0. The van der Waals surface area contributed by atoms with E-state index in [1.54, 1.807) is 0 Å². The molecule has 1 rings (SSSR count). The smallest absolute Gasteiger partial charge is 0.114 e. The lowest BCUT2D eigenvalue weighted by molar-refractivity contribution is -0.101. The van der Waals surface area contributed by atoms with Gasteiger partial charge in [-0.15, -0.1) is 0 Å². The minimum atomic E-state index is -0.977. The summed E-state index contributed by atoms with van der Waals surface area (Å²) in [5.41, 5.74) is 0. The Morgan fingerprint density at radius 2 is 1.43 bits per heavy atom. The van der Waals surface area contributed by atoms with Gasteiger partial charge in [-0.25, -0.2) is 0 Å². The molecule has 0 amide bonds. The Morgan fingerprint density at radius 3 is 1.89 bits per heavy atom. The zero-order chi connectivity index (χ0) is 20.5. The number of aliphatic hydroxyl groups excluding tert-OH is 3. The van der Waals surface area contributed by atoms with E-state index in [0.29, 0.717) is 6.61 Å². The first-order chi connectivity index (χ1) is 13.7. The molecule has 5 nitrogen and oxygen atoms in total. The summed E-state index contributed by atoms with van der Waals surface area (Å²) in [4.78, 5) is 0. The summed E-state index contributed by atoms with van der Waals surface area (Å²) in [7, 11) is 0. The zero-order valence-corrected chi connectivity index (χ0v) is 17.9. The highest BCUT2D eigenvalue weighted by Gasteiger charge is 2.40. The molecule has 166 valence electrons. The van der Waals surface area contributed by atoms with Crippen LogP contribution in [0.2, 0.25) is 0 Å². The lowest BCUT2D eigenvalue weighted by Crippen LogP contribution is -2.42. The average Bonchev–Trinajstić information content (AvgIpc) is 3.03. The predicted molar refractivity (Wildman–Crippen MR) is 113 cm³/mol. The van der Waals surface area contributed by atoms with Crippen molar-refractivity contribution >= 4 is 0 Å². The molecule has 0 spiro atoms. The van der Waals surface area contributed by atoms with E-state index in [1.807, 2.05) is 0 Å². The number of aliphatic hydroxyl groups is 3. The minimum Gasteiger partial charge on any atom is -0.394 e. The molecule has 1 aliphatic rings. The van der Waals surface area contributed by atoms with Gasteiger partial charge in [0.2, 0.25) is 0 Å².